The lowest BCUT2D eigenvalue weighted by atomic mass is 9.75. The number of methoxy groups -OCH3 is 1. The van der Waals surface area contributed by atoms with Crippen molar-refractivity contribution in [2.24, 2.45) is 11.3 Å². The standard InChI is InChI=1S/C63H99NO11Si3/c1-40(2)36-54(70-20)58(75-78(62(15,16)17,47-30-25-23-26-31-47)48-32-27-24-28-33-48)59(68)64-35-29-34-56(74-76(21,22)61(12,13)14)63(18,19)55(67)38-50(66)45(10)51-37-49-44(9)52(71-46(11)65)39-53(57(49)60(69)72-51)73-77(41(3)4,42(5)6)43(7)8/h23-33,35,39,41-43,45,50-51,54-56,58,66-67H,1,34,36-38H2,2-22H3,(H,64,68)/b35-29+/t45-,50+,51-,54+,55-,56-,58+/m1/s1. The summed E-state index contributed by atoms with van der Waals surface area (Å²) >= 11 is 0. The first-order valence-electron chi connectivity index (χ1n) is 28.2. The van der Waals surface area contributed by atoms with Crippen molar-refractivity contribution in [2.45, 2.75) is 227 Å². The van der Waals surface area contributed by atoms with Gasteiger partial charge in [0.15, 0.2) is 14.4 Å². The fraction of sp³-hybridized carbons (Fsp3) is 0.603. The van der Waals surface area contributed by atoms with Gasteiger partial charge in [0, 0.05) is 44.3 Å². The maximum absolute atomic E-state index is 14.8. The molecular weight excluding hydrogens is 1030 g/mol. The van der Waals surface area contributed by atoms with Gasteiger partial charge in [-0.05, 0) is 94.2 Å². The minimum absolute atomic E-state index is 0.0403. The summed E-state index contributed by atoms with van der Waals surface area (Å²) in [4.78, 5) is 41.6. The highest BCUT2D eigenvalue weighted by molar-refractivity contribution is 6.99. The average molecular weight is 1130 g/mol. The van der Waals surface area contributed by atoms with E-state index in [-0.39, 0.29) is 40.4 Å². The van der Waals surface area contributed by atoms with Gasteiger partial charge in [0.1, 0.15) is 23.2 Å². The van der Waals surface area contributed by atoms with Gasteiger partial charge in [-0.2, -0.15) is 0 Å². The topological polar surface area (TPSA) is 159 Å². The zero-order valence-electron chi connectivity index (χ0n) is 51.4. The summed E-state index contributed by atoms with van der Waals surface area (Å²) in [6, 6.07) is 22.1. The number of nitrogens with one attached hydrogen (secondary N) is 1. The number of benzene rings is 3. The van der Waals surface area contributed by atoms with Crippen molar-refractivity contribution in [3.8, 4) is 11.5 Å². The number of esters is 2. The number of aliphatic hydroxyl groups excluding tert-OH is 2. The molecule has 0 aromatic heterocycles. The SMILES string of the molecule is C=C(C)C[C@H](OC)[C@H](O[Si](c1ccccc1)(c1ccccc1)C(C)(C)C)C(=O)N/C=C/C[C@@H](O[Si](C)(C)C(C)(C)C)C(C)(C)[C@H](O)C[C@H](O)[C@@H](C)[C@H]1Cc2c(C)c(OC(C)=O)cc(O[Si](C(C)C)(C(C)C)C(C)C)c2C(=O)O1. The molecular formula is C63H99NO11Si3. The Hall–Kier alpha value is -4.20. The van der Waals surface area contributed by atoms with E-state index in [0.717, 1.165) is 15.9 Å². The van der Waals surface area contributed by atoms with Crippen LogP contribution in [0.15, 0.2) is 91.2 Å². The Morgan fingerprint density at radius 2 is 1.35 bits per heavy atom. The Kier molecular flexibility index (Phi) is 22.6. The second-order valence-corrected chi connectivity index (χ2v) is 40.5. The van der Waals surface area contributed by atoms with E-state index >= 15 is 0 Å². The number of hydrogen-bond donors (Lipinski definition) is 3. The van der Waals surface area contributed by atoms with E-state index in [4.69, 9.17) is 27.5 Å². The Balaban J connectivity index is 1.67. The lowest BCUT2D eigenvalue weighted by Crippen LogP contribution is -2.69. The van der Waals surface area contributed by atoms with Gasteiger partial charge in [-0.25, -0.2) is 4.79 Å². The van der Waals surface area contributed by atoms with Crippen LogP contribution in [0, 0.1) is 18.3 Å². The van der Waals surface area contributed by atoms with Crippen LogP contribution in [0.4, 0.5) is 0 Å². The summed E-state index contributed by atoms with van der Waals surface area (Å²) < 4.78 is 39.8. The van der Waals surface area contributed by atoms with E-state index in [1.807, 2.05) is 77.1 Å². The van der Waals surface area contributed by atoms with Gasteiger partial charge in [0.2, 0.25) is 0 Å². The molecule has 1 heterocycles. The minimum atomic E-state index is -3.24. The van der Waals surface area contributed by atoms with Gasteiger partial charge < -0.3 is 43.0 Å². The first-order valence-corrected chi connectivity index (χ1v) is 35.2. The van der Waals surface area contributed by atoms with Crippen LogP contribution in [0.25, 0.3) is 0 Å². The minimum Gasteiger partial charge on any atom is -0.542 e. The van der Waals surface area contributed by atoms with Gasteiger partial charge in [-0.15, -0.1) is 6.58 Å². The third kappa shape index (κ3) is 14.8. The fourth-order valence-corrected chi connectivity index (χ4v) is 22.7. The van der Waals surface area contributed by atoms with E-state index in [1.165, 1.54) is 6.92 Å². The third-order valence-electron chi connectivity index (χ3n) is 17.2. The van der Waals surface area contributed by atoms with Crippen molar-refractivity contribution in [1.82, 2.24) is 5.32 Å². The van der Waals surface area contributed by atoms with Crippen LogP contribution in [-0.2, 0) is 34.3 Å². The Morgan fingerprint density at radius 1 is 0.821 bits per heavy atom. The van der Waals surface area contributed by atoms with Crippen LogP contribution in [0.5, 0.6) is 11.5 Å². The van der Waals surface area contributed by atoms with Crippen LogP contribution >= 0.6 is 0 Å². The lowest BCUT2D eigenvalue weighted by Gasteiger charge is -2.46. The maximum atomic E-state index is 14.8. The van der Waals surface area contributed by atoms with Crippen molar-refractivity contribution in [2.75, 3.05) is 7.11 Å². The zero-order valence-corrected chi connectivity index (χ0v) is 54.4. The fourth-order valence-electron chi connectivity index (χ4n) is 11.4. The molecule has 78 heavy (non-hydrogen) atoms. The Morgan fingerprint density at radius 3 is 1.79 bits per heavy atom. The Labute approximate surface area is 472 Å². The molecule has 15 heteroatoms. The molecule has 1 aliphatic heterocycles. The van der Waals surface area contributed by atoms with E-state index < -0.39 is 89.9 Å². The maximum Gasteiger partial charge on any atom is 0.342 e. The molecule has 1 aliphatic rings. The number of carbonyl (C=O) groups is 3. The van der Waals surface area contributed by atoms with E-state index in [1.54, 1.807) is 19.4 Å². The van der Waals surface area contributed by atoms with Crippen molar-refractivity contribution < 1.29 is 52.1 Å². The van der Waals surface area contributed by atoms with Crippen LogP contribution < -0.4 is 24.9 Å². The smallest absolute Gasteiger partial charge is 0.342 e. The highest BCUT2D eigenvalue weighted by atomic mass is 28.4. The summed E-state index contributed by atoms with van der Waals surface area (Å²) in [6.07, 6.45) is -0.756. The molecule has 0 saturated carbocycles. The van der Waals surface area contributed by atoms with Gasteiger partial charge >= 0.3 is 11.9 Å². The second kappa shape index (κ2) is 26.6. The molecule has 4 rings (SSSR count). The molecule has 0 unspecified atom stereocenters. The summed E-state index contributed by atoms with van der Waals surface area (Å²) in [5.74, 6) is -1.36. The average Bonchev–Trinajstić information content (AvgIpc) is 3.41. The Bertz CT molecular complexity index is 2470. The molecule has 3 aromatic rings. The molecule has 0 saturated heterocycles. The first kappa shape index (κ1) is 66.3. The quantitative estimate of drug-likeness (QED) is 0.0304. The molecule has 12 nitrogen and oxygen atoms in total. The zero-order chi connectivity index (χ0) is 59.1. The number of rotatable bonds is 26. The van der Waals surface area contributed by atoms with Gasteiger partial charge in [-0.1, -0.05) is 176 Å². The molecule has 0 aliphatic carbocycles. The third-order valence-corrected chi connectivity index (χ3v) is 32.7. The number of carbonyl (C=O) groups excluding carboxylic acids is 3. The van der Waals surface area contributed by atoms with Crippen molar-refractivity contribution in [3.05, 3.63) is 108 Å². The predicted octanol–water partition coefficient (Wildman–Crippen LogP) is 12.7. The lowest BCUT2D eigenvalue weighted by molar-refractivity contribution is -0.134. The highest BCUT2D eigenvalue weighted by Gasteiger charge is 2.54. The molecule has 3 N–H and O–H groups in total. The number of aliphatic hydroxyl groups is 2. The summed E-state index contributed by atoms with van der Waals surface area (Å²) in [7, 11) is -6.72. The van der Waals surface area contributed by atoms with Crippen molar-refractivity contribution in [1.29, 1.82) is 0 Å². The number of cyclic esters (lactones) is 1. The molecule has 434 valence electrons. The van der Waals surface area contributed by atoms with Gasteiger partial charge in [-0.3, -0.25) is 9.59 Å². The van der Waals surface area contributed by atoms with Crippen molar-refractivity contribution in [3.63, 3.8) is 0 Å². The predicted molar refractivity (Wildman–Crippen MR) is 323 cm³/mol. The number of fused-ring (bicyclic) bond motifs is 1. The molecule has 0 bridgehead atoms. The molecule has 0 radical (unpaired) electrons. The molecule has 1 amide bonds. The molecule has 7 atom stereocenters. The normalized spacial score (nSPS) is 17.3. The van der Waals surface area contributed by atoms with E-state index in [9.17, 15) is 24.6 Å². The monoisotopic (exact) mass is 1130 g/mol. The van der Waals surface area contributed by atoms with Gasteiger partial charge in [0.05, 0.1) is 24.4 Å². The van der Waals surface area contributed by atoms with E-state index in [0.29, 0.717) is 41.0 Å². The largest absolute Gasteiger partial charge is 0.542 e. The van der Waals surface area contributed by atoms with Crippen LogP contribution in [0.1, 0.15) is 158 Å². The van der Waals surface area contributed by atoms with Crippen LogP contribution in [0.2, 0.25) is 39.8 Å². The van der Waals surface area contributed by atoms with Crippen LogP contribution in [-0.4, -0.2) is 96.7 Å². The molecule has 0 fully saturated rings. The van der Waals surface area contributed by atoms with Gasteiger partial charge in [0.25, 0.3) is 22.5 Å². The summed E-state index contributed by atoms with van der Waals surface area (Å²) in [5, 5.41) is 29.0. The summed E-state index contributed by atoms with van der Waals surface area (Å²) in [6.45, 7) is 45.3. The number of hydrogen-bond acceptors (Lipinski definition) is 11. The molecule has 3 aromatic carbocycles. The van der Waals surface area contributed by atoms with Crippen molar-refractivity contribution >= 4 is 53.2 Å². The van der Waals surface area contributed by atoms with Crippen LogP contribution in [0.3, 0.4) is 0 Å². The number of amides is 1. The number of ether oxygens (including phenoxy) is 3. The second-order valence-electron chi connectivity index (χ2n) is 26.2. The first-order chi connectivity index (χ1) is 36.0. The molecule has 0 spiro atoms. The van der Waals surface area contributed by atoms with E-state index in [2.05, 4.69) is 132 Å². The summed E-state index contributed by atoms with van der Waals surface area (Å²) in [5.41, 5.74) is 2.14. The highest BCUT2D eigenvalue weighted by Crippen LogP contribution is 2.48.